The van der Waals surface area contributed by atoms with Crippen molar-refractivity contribution in [3.63, 3.8) is 0 Å². The maximum absolute atomic E-state index is 12.4. The van der Waals surface area contributed by atoms with E-state index in [4.69, 9.17) is 26.3 Å². The van der Waals surface area contributed by atoms with Crippen LogP contribution in [0.25, 0.3) is 10.9 Å². The molecule has 0 atom stereocenters. The number of halogens is 1. The van der Waals surface area contributed by atoms with Crippen molar-refractivity contribution < 1.29 is 14.3 Å². The van der Waals surface area contributed by atoms with Crippen molar-refractivity contribution in [2.24, 2.45) is 12.5 Å². The molecule has 0 radical (unpaired) electrons. The standard InChI is InChI=1S/C16H15ClN2O3/c1-19-7-12(11-3-2-4-13(17)14(11)19)15(20)22-10-16(5-6-18)8-21-9-16/h2-4,7H,5,8-10H2,1H3. The van der Waals surface area contributed by atoms with Crippen LogP contribution in [0.1, 0.15) is 16.8 Å². The molecule has 3 rings (SSSR count). The number of para-hydroxylation sites is 1. The maximum atomic E-state index is 12.4. The average Bonchev–Trinajstić information content (AvgIpc) is 2.80. The molecular weight excluding hydrogens is 304 g/mol. The topological polar surface area (TPSA) is 64.2 Å². The van der Waals surface area contributed by atoms with Gasteiger partial charge in [0.15, 0.2) is 0 Å². The average molecular weight is 319 g/mol. The molecule has 5 nitrogen and oxygen atoms in total. The van der Waals surface area contributed by atoms with Crippen LogP contribution in [0.4, 0.5) is 0 Å². The number of aromatic nitrogens is 1. The van der Waals surface area contributed by atoms with Crippen molar-refractivity contribution in [1.82, 2.24) is 4.57 Å². The molecule has 0 N–H and O–H groups in total. The summed E-state index contributed by atoms with van der Waals surface area (Å²) in [5.74, 6) is -0.405. The first-order valence-corrected chi connectivity index (χ1v) is 7.29. The van der Waals surface area contributed by atoms with Gasteiger partial charge < -0.3 is 14.0 Å². The number of aryl methyl sites for hydroxylation is 1. The zero-order valence-electron chi connectivity index (χ0n) is 12.1. The number of hydrogen-bond acceptors (Lipinski definition) is 4. The van der Waals surface area contributed by atoms with Gasteiger partial charge in [-0.1, -0.05) is 23.7 Å². The van der Waals surface area contributed by atoms with Gasteiger partial charge in [-0.3, -0.25) is 0 Å². The number of esters is 1. The molecule has 6 heteroatoms. The van der Waals surface area contributed by atoms with Gasteiger partial charge in [-0.2, -0.15) is 5.26 Å². The van der Waals surface area contributed by atoms with Crippen molar-refractivity contribution in [2.75, 3.05) is 19.8 Å². The summed E-state index contributed by atoms with van der Waals surface area (Å²) in [6.45, 7) is 1.10. The van der Waals surface area contributed by atoms with Crippen LogP contribution in [0.5, 0.6) is 0 Å². The van der Waals surface area contributed by atoms with Crippen LogP contribution in [0.3, 0.4) is 0 Å². The number of ether oxygens (including phenoxy) is 2. The van der Waals surface area contributed by atoms with E-state index >= 15 is 0 Å². The number of nitrogens with zero attached hydrogens (tertiary/aromatic N) is 2. The van der Waals surface area contributed by atoms with Crippen LogP contribution in [0.15, 0.2) is 24.4 Å². The predicted octanol–water partition coefficient (Wildman–Crippen LogP) is 2.92. The first-order valence-electron chi connectivity index (χ1n) is 6.92. The zero-order chi connectivity index (χ0) is 15.7. The fourth-order valence-electron chi connectivity index (χ4n) is 2.67. The molecule has 1 aliphatic heterocycles. The molecule has 0 saturated carbocycles. The van der Waals surface area contributed by atoms with Crippen LogP contribution in [0.2, 0.25) is 5.02 Å². The van der Waals surface area contributed by atoms with E-state index < -0.39 is 5.97 Å². The Balaban J connectivity index is 1.82. The second-order valence-electron chi connectivity index (χ2n) is 5.69. The molecule has 114 valence electrons. The third-order valence-corrected chi connectivity index (χ3v) is 4.26. The fourth-order valence-corrected chi connectivity index (χ4v) is 2.98. The molecule has 1 aromatic heterocycles. The summed E-state index contributed by atoms with van der Waals surface area (Å²) in [4.78, 5) is 12.4. The van der Waals surface area contributed by atoms with Crippen LogP contribution in [0, 0.1) is 16.7 Å². The highest BCUT2D eigenvalue weighted by Gasteiger charge is 2.40. The minimum atomic E-state index is -0.405. The molecule has 22 heavy (non-hydrogen) atoms. The third kappa shape index (κ3) is 2.45. The largest absolute Gasteiger partial charge is 0.461 e. The molecule has 0 amide bonds. The Labute approximate surface area is 133 Å². The van der Waals surface area contributed by atoms with Gasteiger partial charge >= 0.3 is 5.97 Å². The highest BCUT2D eigenvalue weighted by Crippen LogP contribution is 2.32. The van der Waals surface area contributed by atoms with Gasteiger partial charge in [-0.25, -0.2) is 4.79 Å². The lowest BCUT2D eigenvalue weighted by Gasteiger charge is -2.38. The number of rotatable bonds is 4. The fraction of sp³-hybridized carbons (Fsp3) is 0.375. The number of hydrogen-bond donors (Lipinski definition) is 0. The molecular formula is C16H15ClN2O3. The van der Waals surface area contributed by atoms with Crippen LogP contribution in [-0.4, -0.2) is 30.4 Å². The molecule has 0 bridgehead atoms. The maximum Gasteiger partial charge on any atom is 0.340 e. The quantitative estimate of drug-likeness (QED) is 0.813. The van der Waals surface area contributed by atoms with Crippen LogP contribution in [-0.2, 0) is 16.5 Å². The normalized spacial score (nSPS) is 16.0. The van der Waals surface area contributed by atoms with Crippen molar-refractivity contribution in [1.29, 1.82) is 5.26 Å². The number of carbonyl (C=O) groups excluding carboxylic acids is 1. The Morgan fingerprint density at radius 3 is 2.95 bits per heavy atom. The highest BCUT2D eigenvalue weighted by molar-refractivity contribution is 6.35. The summed E-state index contributed by atoms with van der Waals surface area (Å²) in [5, 5.41) is 10.2. The number of nitriles is 1. The lowest BCUT2D eigenvalue weighted by Crippen LogP contribution is -2.46. The van der Waals surface area contributed by atoms with Gasteiger partial charge in [0.1, 0.15) is 6.61 Å². The molecule has 1 aromatic carbocycles. The summed E-state index contributed by atoms with van der Waals surface area (Å²) in [7, 11) is 1.84. The van der Waals surface area contributed by atoms with Crippen LogP contribution < -0.4 is 0 Å². The van der Waals surface area contributed by atoms with Gasteiger partial charge in [0.2, 0.25) is 0 Å². The molecule has 0 unspecified atom stereocenters. The second kappa shape index (κ2) is 5.64. The summed E-state index contributed by atoms with van der Waals surface area (Å²) >= 11 is 6.18. The molecule has 2 heterocycles. The predicted molar refractivity (Wildman–Crippen MR) is 81.7 cm³/mol. The van der Waals surface area contributed by atoms with E-state index in [0.717, 1.165) is 10.9 Å². The van der Waals surface area contributed by atoms with Gasteiger partial charge in [-0.05, 0) is 6.07 Å². The molecule has 0 spiro atoms. The van der Waals surface area contributed by atoms with E-state index in [1.807, 2.05) is 17.7 Å². The molecule has 0 aliphatic carbocycles. The Bertz CT molecular complexity index is 772. The third-order valence-electron chi connectivity index (χ3n) is 3.95. The Morgan fingerprint density at radius 2 is 2.32 bits per heavy atom. The van der Waals surface area contributed by atoms with Gasteiger partial charge in [-0.15, -0.1) is 0 Å². The first kappa shape index (κ1) is 14.9. The lowest BCUT2D eigenvalue weighted by atomic mass is 9.84. The minimum absolute atomic E-state index is 0.191. The highest BCUT2D eigenvalue weighted by atomic mass is 35.5. The zero-order valence-corrected chi connectivity index (χ0v) is 12.9. The molecule has 1 saturated heterocycles. The van der Waals surface area contributed by atoms with E-state index in [1.165, 1.54) is 0 Å². The van der Waals surface area contributed by atoms with E-state index in [-0.39, 0.29) is 12.0 Å². The Morgan fingerprint density at radius 1 is 1.55 bits per heavy atom. The number of benzene rings is 1. The van der Waals surface area contributed by atoms with Crippen molar-refractivity contribution in [3.8, 4) is 6.07 Å². The summed E-state index contributed by atoms with van der Waals surface area (Å²) in [6.07, 6.45) is 2.04. The number of carbonyl (C=O) groups is 1. The summed E-state index contributed by atoms with van der Waals surface area (Å²) in [5.41, 5.74) is 0.925. The van der Waals surface area contributed by atoms with Gasteiger partial charge in [0.25, 0.3) is 0 Å². The monoisotopic (exact) mass is 318 g/mol. The van der Waals surface area contributed by atoms with Crippen LogP contribution >= 0.6 is 11.6 Å². The Kier molecular flexibility index (Phi) is 3.81. The van der Waals surface area contributed by atoms with E-state index in [1.54, 1.807) is 18.3 Å². The summed E-state index contributed by atoms with van der Waals surface area (Å²) in [6, 6.07) is 7.55. The van der Waals surface area contributed by atoms with Gasteiger partial charge in [0.05, 0.1) is 40.8 Å². The second-order valence-corrected chi connectivity index (χ2v) is 6.10. The number of fused-ring (bicyclic) bond motifs is 1. The molecule has 1 fully saturated rings. The van der Waals surface area contributed by atoms with E-state index in [2.05, 4.69) is 6.07 Å². The molecule has 1 aliphatic rings. The lowest BCUT2D eigenvalue weighted by molar-refractivity contribution is -0.135. The first-order chi connectivity index (χ1) is 10.6. The minimum Gasteiger partial charge on any atom is -0.461 e. The van der Waals surface area contributed by atoms with E-state index in [0.29, 0.717) is 30.2 Å². The Hall–Kier alpha value is -2.03. The van der Waals surface area contributed by atoms with Crippen molar-refractivity contribution in [3.05, 3.63) is 35.0 Å². The smallest absolute Gasteiger partial charge is 0.340 e. The summed E-state index contributed by atoms with van der Waals surface area (Å²) < 4.78 is 12.4. The molecule has 2 aromatic rings. The van der Waals surface area contributed by atoms with Crippen molar-refractivity contribution >= 4 is 28.5 Å². The van der Waals surface area contributed by atoms with Crippen molar-refractivity contribution in [2.45, 2.75) is 6.42 Å². The van der Waals surface area contributed by atoms with Gasteiger partial charge in [0, 0.05) is 25.1 Å². The SMILES string of the molecule is Cn1cc(C(=O)OCC2(CC#N)COC2)c2cccc(Cl)c21. The van der Waals surface area contributed by atoms with E-state index in [9.17, 15) is 4.79 Å².